The van der Waals surface area contributed by atoms with Crippen molar-refractivity contribution < 1.29 is 13.5 Å². The highest BCUT2D eigenvalue weighted by Gasteiger charge is 2.36. The van der Waals surface area contributed by atoms with E-state index < -0.39 is 11.6 Å². The van der Waals surface area contributed by atoms with E-state index in [1.807, 2.05) is 0 Å². The third-order valence-electron chi connectivity index (χ3n) is 3.23. The Bertz CT molecular complexity index is 352. The first-order chi connectivity index (χ1) is 7.63. The van der Waals surface area contributed by atoms with Crippen LogP contribution in [0.4, 0.5) is 8.78 Å². The quantitative estimate of drug-likeness (QED) is 0.857. The molecule has 2 rings (SSSR count). The summed E-state index contributed by atoms with van der Waals surface area (Å²) in [7, 11) is 0. The Morgan fingerprint density at radius 3 is 2.25 bits per heavy atom. The summed E-state index contributed by atoms with van der Waals surface area (Å²) in [6.45, 7) is 0.997. The fourth-order valence-electron chi connectivity index (χ4n) is 1.93. The molecule has 0 amide bonds. The van der Waals surface area contributed by atoms with Gasteiger partial charge >= 0.3 is 0 Å². The number of rotatable bonds is 4. The first-order valence-electron chi connectivity index (χ1n) is 5.43. The van der Waals surface area contributed by atoms with E-state index >= 15 is 0 Å². The third-order valence-corrected chi connectivity index (χ3v) is 3.23. The molecule has 2 N–H and O–H groups in total. The van der Waals surface area contributed by atoms with E-state index in [0.717, 1.165) is 25.3 Å². The highest BCUT2D eigenvalue weighted by Crippen LogP contribution is 2.40. The fraction of sp³-hybridized carbons (Fsp3) is 0.500. The molecule has 0 aromatic heterocycles. The topological polar surface area (TPSA) is 35.2 Å². The van der Waals surface area contributed by atoms with Gasteiger partial charge in [-0.25, -0.2) is 8.78 Å². The van der Waals surface area contributed by atoms with Crippen LogP contribution in [-0.4, -0.2) is 13.2 Å². The lowest BCUT2D eigenvalue weighted by molar-refractivity contribution is 0.0664. The molecule has 0 saturated heterocycles. The van der Waals surface area contributed by atoms with E-state index in [9.17, 15) is 8.78 Å². The lowest BCUT2D eigenvalue weighted by atomic mass is 9.69. The molecule has 0 unspecified atom stereocenters. The van der Waals surface area contributed by atoms with Gasteiger partial charge in [-0.1, -0.05) is 6.42 Å². The molecule has 1 aliphatic carbocycles. The van der Waals surface area contributed by atoms with E-state index in [4.69, 9.17) is 10.5 Å². The number of benzene rings is 1. The molecule has 0 aliphatic heterocycles. The SMILES string of the molecule is NCC1(COc2cc(F)cc(F)c2)CCC1. The maximum Gasteiger partial charge on any atom is 0.129 e. The van der Waals surface area contributed by atoms with Crippen molar-refractivity contribution in [2.75, 3.05) is 13.2 Å². The van der Waals surface area contributed by atoms with Gasteiger partial charge in [-0.05, 0) is 12.8 Å². The predicted octanol–water partition coefficient (Wildman–Crippen LogP) is 2.47. The standard InChI is InChI=1S/C12H15F2NO/c13-9-4-10(14)6-11(5-9)16-8-12(7-15)2-1-3-12/h4-6H,1-3,7-8,15H2. The van der Waals surface area contributed by atoms with Gasteiger partial charge in [0.25, 0.3) is 0 Å². The monoisotopic (exact) mass is 227 g/mol. The molecule has 0 radical (unpaired) electrons. The van der Waals surface area contributed by atoms with Crippen molar-refractivity contribution in [2.24, 2.45) is 11.1 Å². The molecule has 1 fully saturated rings. The van der Waals surface area contributed by atoms with Crippen LogP contribution in [0.25, 0.3) is 0 Å². The Labute approximate surface area is 93.4 Å². The van der Waals surface area contributed by atoms with Crippen LogP contribution in [0.1, 0.15) is 19.3 Å². The van der Waals surface area contributed by atoms with Gasteiger partial charge in [-0.2, -0.15) is 0 Å². The van der Waals surface area contributed by atoms with Crippen LogP contribution >= 0.6 is 0 Å². The van der Waals surface area contributed by atoms with Crippen LogP contribution in [0, 0.1) is 17.0 Å². The van der Waals surface area contributed by atoms with E-state index in [1.54, 1.807) is 0 Å². The summed E-state index contributed by atoms with van der Waals surface area (Å²) in [5, 5.41) is 0. The summed E-state index contributed by atoms with van der Waals surface area (Å²) >= 11 is 0. The molecule has 0 spiro atoms. The van der Waals surface area contributed by atoms with E-state index in [0.29, 0.717) is 13.2 Å². The summed E-state index contributed by atoms with van der Waals surface area (Å²) in [4.78, 5) is 0. The van der Waals surface area contributed by atoms with Gasteiger partial charge in [0.2, 0.25) is 0 Å². The normalized spacial score (nSPS) is 17.9. The molecule has 88 valence electrons. The Hall–Kier alpha value is -1.16. The van der Waals surface area contributed by atoms with Crippen molar-refractivity contribution in [3.63, 3.8) is 0 Å². The number of halogens is 2. The first-order valence-corrected chi connectivity index (χ1v) is 5.43. The zero-order valence-electron chi connectivity index (χ0n) is 9.01. The van der Waals surface area contributed by atoms with Crippen molar-refractivity contribution in [2.45, 2.75) is 19.3 Å². The van der Waals surface area contributed by atoms with E-state index in [-0.39, 0.29) is 11.2 Å². The number of hydrogen-bond acceptors (Lipinski definition) is 2. The highest BCUT2D eigenvalue weighted by molar-refractivity contribution is 5.23. The van der Waals surface area contributed by atoms with Crippen molar-refractivity contribution in [1.29, 1.82) is 0 Å². The molecule has 2 nitrogen and oxygen atoms in total. The highest BCUT2D eigenvalue weighted by atomic mass is 19.1. The van der Waals surface area contributed by atoms with Crippen molar-refractivity contribution >= 4 is 0 Å². The van der Waals surface area contributed by atoms with Gasteiger partial charge in [-0.15, -0.1) is 0 Å². The lowest BCUT2D eigenvalue weighted by Gasteiger charge is -2.40. The minimum atomic E-state index is -0.620. The van der Waals surface area contributed by atoms with Crippen LogP contribution in [0.5, 0.6) is 5.75 Å². The average molecular weight is 227 g/mol. The Balaban J connectivity index is 1.98. The molecule has 0 atom stereocenters. The molecule has 1 aromatic carbocycles. The molecular formula is C12H15F2NO. The summed E-state index contributed by atoms with van der Waals surface area (Å²) < 4.78 is 31.2. The summed E-state index contributed by atoms with van der Waals surface area (Å²) in [5.41, 5.74) is 5.68. The third kappa shape index (κ3) is 2.32. The summed E-state index contributed by atoms with van der Waals surface area (Å²) in [5.74, 6) is -1.01. The summed E-state index contributed by atoms with van der Waals surface area (Å²) in [6.07, 6.45) is 3.21. The maximum atomic E-state index is 12.9. The molecule has 1 aliphatic rings. The van der Waals surface area contributed by atoms with Crippen LogP contribution < -0.4 is 10.5 Å². The fourth-order valence-corrected chi connectivity index (χ4v) is 1.93. The predicted molar refractivity (Wildman–Crippen MR) is 57.2 cm³/mol. The van der Waals surface area contributed by atoms with Crippen molar-refractivity contribution in [3.8, 4) is 5.75 Å². The second-order valence-corrected chi connectivity index (χ2v) is 4.45. The molecule has 16 heavy (non-hydrogen) atoms. The van der Waals surface area contributed by atoms with Crippen molar-refractivity contribution in [1.82, 2.24) is 0 Å². The Morgan fingerprint density at radius 2 is 1.81 bits per heavy atom. The minimum Gasteiger partial charge on any atom is -0.493 e. The lowest BCUT2D eigenvalue weighted by Crippen LogP contribution is -2.42. The number of ether oxygens (including phenoxy) is 1. The van der Waals surface area contributed by atoms with Crippen LogP contribution in [0.3, 0.4) is 0 Å². The van der Waals surface area contributed by atoms with E-state index in [2.05, 4.69) is 0 Å². The Morgan fingerprint density at radius 1 is 1.19 bits per heavy atom. The smallest absolute Gasteiger partial charge is 0.129 e. The number of hydrogen-bond donors (Lipinski definition) is 1. The molecule has 4 heteroatoms. The van der Waals surface area contributed by atoms with Gasteiger partial charge < -0.3 is 10.5 Å². The van der Waals surface area contributed by atoms with Gasteiger partial charge in [0.05, 0.1) is 6.61 Å². The van der Waals surface area contributed by atoms with Crippen LogP contribution in [-0.2, 0) is 0 Å². The largest absolute Gasteiger partial charge is 0.493 e. The second kappa shape index (κ2) is 4.37. The minimum absolute atomic E-state index is 0.0167. The van der Waals surface area contributed by atoms with Gasteiger partial charge in [-0.3, -0.25) is 0 Å². The Kier molecular flexibility index (Phi) is 3.10. The van der Waals surface area contributed by atoms with Crippen molar-refractivity contribution in [3.05, 3.63) is 29.8 Å². The summed E-state index contributed by atoms with van der Waals surface area (Å²) in [6, 6.07) is 3.20. The number of nitrogens with two attached hydrogens (primary N) is 1. The molecule has 0 bridgehead atoms. The zero-order chi connectivity index (χ0) is 11.6. The molecular weight excluding hydrogens is 212 g/mol. The zero-order valence-corrected chi connectivity index (χ0v) is 9.01. The first kappa shape index (κ1) is 11.3. The average Bonchev–Trinajstić information content (AvgIpc) is 2.15. The second-order valence-electron chi connectivity index (χ2n) is 4.45. The van der Waals surface area contributed by atoms with Crippen LogP contribution in [0.15, 0.2) is 18.2 Å². The maximum absolute atomic E-state index is 12.9. The van der Waals surface area contributed by atoms with Gasteiger partial charge in [0, 0.05) is 30.2 Å². The molecule has 1 saturated carbocycles. The van der Waals surface area contributed by atoms with Crippen LogP contribution in [0.2, 0.25) is 0 Å². The molecule has 1 aromatic rings. The van der Waals surface area contributed by atoms with E-state index in [1.165, 1.54) is 12.1 Å². The van der Waals surface area contributed by atoms with Gasteiger partial charge in [0.15, 0.2) is 0 Å². The molecule has 0 heterocycles. The van der Waals surface area contributed by atoms with Gasteiger partial charge in [0.1, 0.15) is 17.4 Å².